The Morgan fingerprint density at radius 3 is 2.42 bits per heavy atom. The van der Waals surface area contributed by atoms with Crippen LogP contribution in [0.1, 0.15) is 13.3 Å². The maximum Gasteiger partial charge on any atom is 0.320 e. The first-order valence-corrected chi connectivity index (χ1v) is 8.12. The average Bonchev–Trinajstić information content (AvgIpc) is 2.66. The standard InChI is InChI=1S/C11H20N2O5S/c1-8-9(10(14)15)4-5-13(8)11(16)12(2)6-7-19(3,17)18/h8-9H,4-7H2,1-3H3,(H,14,15). The van der Waals surface area contributed by atoms with Crippen LogP contribution >= 0.6 is 0 Å². The first-order chi connectivity index (χ1) is 8.63. The number of carboxylic acid groups (broad SMARTS) is 1. The molecule has 8 heteroatoms. The zero-order valence-electron chi connectivity index (χ0n) is 11.4. The molecule has 1 N–H and O–H groups in total. The summed E-state index contributed by atoms with van der Waals surface area (Å²) < 4.78 is 22.1. The lowest BCUT2D eigenvalue weighted by molar-refractivity contribution is -0.142. The second-order valence-corrected chi connectivity index (χ2v) is 7.26. The first-order valence-electron chi connectivity index (χ1n) is 6.05. The van der Waals surface area contributed by atoms with Gasteiger partial charge in [-0.1, -0.05) is 0 Å². The van der Waals surface area contributed by atoms with Gasteiger partial charge in [-0.2, -0.15) is 0 Å². The number of likely N-dealkylation sites (tertiary alicyclic amines) is 1. The molecular weight excluding hydrogens is 272 g/mol. The molecule has 0 aromatic carbocycles. The van der Waals surface area contributed by atoms with Crippen LogP contribution in [0.4, 0.5) is 4.79 Å². The highest BCUT2D eigenvalue weighted by Gasteiger charge is 2.39. The van der Waals surface area contributed by atoms with Crippen molar-refractivity contribution in [3.8, 4) is 0 Å². The minimum absolute atomic E-state index is 0.0974. The van der Waals surface area contributed by atoms with Crippen molar-refractivity contribution in [2.24, 2.45) is 5.92 Å². The van der Waals surface area contributed by atoms with Crippen LogP contribution in [0.15, 0.2) is 0 Å². The number of nitrogens with zero attached hydrogens (tertiary/aromatic N) is 2. The lowest BCUT2D eigenvalue weighted by Gasteiger charge is -2.28. The SMILES string of the molecule is CC1C(C(=O)O)CCN1C(=O)N(C)CCS(C)(=O)=O. The molecule has 0 saturated carbocycles. The van der Waals surface area contributed by atoms with Crippen molar-refractivity contribution < 1.29 is 23.1 Å². The normalized spacial score (nSPS) is 23.4. The smallest absolute Gasteiger partial charge is 0.320 e. The van der Waals surface area contributed by atoms with Crippen molar-refractivity contribution in [1.29, 1.82) is 0 Å². The van der Waals surface area contributed by atoms with Gasteiger partial charge in [-0.05, 0) is 13.3 Å². The molecule has 7 nitrogen and oxygen atoms in total. The molecule has 1 aliphatic heterocycles. The molecule has 0 spiro atoms. The van der Waals surface area contributed by atoms with E-state index in [0.29, 0.717) is 13.0 Å². The van der Waals surface area contributed by atoms with Gasteiger partial charge in [0.05, 0.1) is 11.7 Å². The fourth-order valence-electron chi connectivity index (χ4n) is 2.16. The Bertz CT molecular complexity index is 462. The van der Waals surface area contributed by atoms with Gasteiger partial charge in [-0.15, -0.1) is 0 Å². The quantitative estimate of drug-likeness (QED) is 0.779. The fourth-order valence-corrected chi connectivity index (χ4v) is 2.76. The van der Waals surface area contributed by atoms with E-state index < -0.39 is 21.7 Å². The molecule has 2 amide bonds. The molecule has 2 unspecified atom stereocenters. The highest BCUT2D eigenvalue weighted by molar-refractivity contribution is 7.90. The Labute approximate surface area is 113 Å². The Morgan fingerprint density at radius 2 is 2.00 bits per heavy atom. The van der Waals surface area contributed by atoms with Crippen molar-refractivity contribution in [3.63, 3.8) is 0 Å². The maximum atomic E-state index is 12.1. The fraction of sp³-hybridized carbons (Fsp3) is 0.818. The molecule has 0 aromatic heterocycles. The van der Waals surface area contributed by atoms with Gasteiger partial charge in [0.15, 0.2) is 0 Å². The third-order valence-electron chi connectivity index (χ3n) is 3.44. The molecule has 1 fully saturated rings. The van der Waals surface area contributed by atoms with Crippen LogP contribution in [-0.2, 0) is 14.6 Å². The molecular formula is C11H20N2O5S. The molecule has 0 aliphatic carbocycles. The summed E-state index contributed by atoms with van der Waals surface area (Å²) >= 11 is 0. The molecule has 0 bridgehead atoms. The van der Waals surface area contributed by atoms with E-state index in [2.05, 4.69) is 0 Å². The van der Waals surface area contributed by atoms with Gasteiger partial charge in [0, 0.05) is 32.4 Å². The predicted molar refractivity (Wildman–Crippen MR) is 69.6 cm³/mol. The van der Waals surface area contributed by atoms with E-state index in [-0.39, 0.29) is 24.4 Å². The van der Waals surface area contributed by atoms with Gasteiger partial charge in [0.2, 0.25) is 0 Å². The number of aliphatic carboxylic acids is 1. The van der Waals surface area contributed by atoms with E-state index in [1.807, 2.05) is 0 Å². The third kappa shape index (κ3) is 4.09. The highest BCUT2D eigenvalue weighted by Crippen LogP contribution is 2.25. The monoisotopic (exact) mass is 292 g/mol. The van der Waals surface area contributed by atoms with Crippen molar-refractivity contribution in [3.05, 3.63) is 0 Å². The van der Waals surface area contributed by atoms with Gasteiger partial charge < -0.3 is 14.9 Å². The summed E-state index contributed by atoms with van der Waals surface area (Å²) in [5, 5.41) is 9.00. The van der Waals surface area contributed by atoms with E-state index in [0.717, 1.165) is 6.26 Å². The van der Waals surface area contributed by atoms with Crippen LogP contribution in [0, 0.1) is 5.92 Å². The van der Waals surface area contributed by atoms with E-state index in [9.17, 15) is 18.0 Å². The number of rotatable bonds is 4. The van der Waals surface area contributed by atoms with E-state index in [1.54, 1.807) is 6.92 Å². The summed E-state index contributed by atoms with van der Waals surface area (Å²) in [4.78, 5) is 25.9. The van der Waals surface area contributed by atoms with Crippen molar-refractivity contribution in [2.45, 2.75) is 19.4 Å². The number of carbonyl (C=O) groups excluding carboxylic acids is 1. The van der Waals surface area contributed by atoms with Gasteiger partial charge in [0.1, 0.15) is 9.84 Å². The lowest BCUT2D eigenvalue weighted by Crippen LogP contribution is -2.45. The average molecular weight is 292 g/mol. The Kier molecular flexibility index (Phi) is 4.78. The van der Waals surface area contributed by atoms with Crippen LogP contribution in [0.2, 0.25) is 0 Å². The van der Waals surface area contributed by atoms with Crippen LogP contribution in [-0.4, -0.2) is 73.5 Å². The summed E-state index contributed by atoms with van der Waals surface area (Å²) in [7, 11) is -1.60. The minimum atomic E-state index is -3.12. The van der Waals surface area contributed by atoms with E-state index in [4.69, 9.17) is 5.11 Å². The van der Waals surface area contributed by atoms with Crippen LogP contribution in [0.5, 0.6) is 0 Å². The molecule has 0 radical (unpaired) electrons. The van der Waals surface area contributed by atoms with Crippen LogP contribution in [0.25, 0.3) is 0 Å². The summed E-state index contributed by atoms with van der Waals surface area (Å²) in [6.07, 6.45) is 1.55. The number of hydrogen-bond acceptors (Lipinski definition) is 4. The molecule has 1 heterocycles. The largest absolute Gasteiger partial charge is 0.481 e. The molecule has 1 aliphatic rings. The van der Waals surface area contributed by atoms with Gasteiger partial charge in [0.25, 0.3) is 0 Å². The van der Waals surface area contributed by atoms with E-state index >= 15 is 0 Å². The molecule has 110 valence electrons. The number of carbonyl (C=O) groups is 2. The molecule has 1 saturated heterocycles. The number of amides is 2. The Hall–Kier alpha value is -1.31. The summed E-state index contributed by atoms with van der Waals surface area (Å²) in [5.41, 5.74) is 0. The van der Waals surface area contributed by atoms with Crippen LogP contribution < -0.4 is 0 Å². The topological polar surface area (TPSA) is 95.0 Å². The maximum absolute atomic E-state index is 12.1. The predicted octanol–water partition coefficient (Wildman–Crippen LogP) is -0.122. The summed E-state index contributed by atoms with van der Waals surface area (Å²) in [6, 6.07) is -0.689. The molecule has 19 heavy (non-hydrogen) atoms. The zero-order chi connectivity index (χ0) is 14.8. The Balaban J connectivity index is 2.61. The lowest BCUT2D eigenvalue weighted by atomic mass is 10.0. The molecule has 0 aromatic rings. The highest BCUT2D eigenvalue weighted by atomic mass is 32.2. The number of carboxylic acids is 1. The molecule has 1 rings (SSSR count). The number of sulfone groups is 1. The molecule has 2 atom stereocenters. The van der Waals surface area contributed by atoms with Crippen molar-refractivity contribution in [1.82, 2.24) is 9.80 Å². The van der Waals surface area contributed by atoms with Gasteiger partial charge in [-0.25, -0.2) is 13.2 Å². The van der Waals surface area contributed by atoms with Crippen LogP contribution in [0.3, 0.4) is 0 Å². The second kappa shape index (κ2) is 5.77. The third-order valence-corrected chi connectivity index (χ3v) is 4.37. The van der Waals surface area contributed by atoms with Crippen molar-refractivity contribution in [2.75, 3.05) is 32.1 Å². The zero-order valence-corrected chi connectivity index (χ0v) is 12.2. The summed E-state index contributed by atoms with van der Waals surface area (Å²) in [6.45, 7) is 2.20. The van der Waals surface area contributed by atoms with Crippen molar-refractivity contribution >= 4 is 21.8 Å². The summed E-state index contributed by atoms with van der Waals surface area (Å²) in [5.74, 6) is -1.55. The number of urea groups is 1. The second-order valence-electron chi connectivity index (χ2n) is 5.00. The van der Waals surface area contributed by atoms with Gasteiger partial charge in [-0.3, -0.25) is 4.79 Å². The van der Waals surface area contributed by atoms with Gasteiger partial charge >= 0.3 is 12.0 Å². The Morgan fingerprint density at radius 1 is 1.42 bits per heavy atom. The van der Waals surface area contributed by atoms with E-state index in [1.165, 1.54) is 16.8 Å². The minimum Gasteiger partial charge on any atom is -0.481 e. The number of hydrogen-bond donors (Lipinski definition) is 1. The first kappa shape index (κ1) is 15.7.